The third-order valence-electron chi connectivity index (χ3n) is 1.74. The van der Waals surface area contributed by atoms with Crippen molar-refractivity contribution in [3.63, 3.8) is 0 Å². The van der Waals surface area contributed by atoms with Crippen LogP contribution in [0.4, 0.5) is 14.5 Å². The lowest BCUT2D eigenvalue weighted by Crippen LogP contribution is -2.11. The molecule has 76 valence electrons. The van der Waals surface area contributed by atoms with Crippen molar-refractivity contribution in [1.29, 1.82) is 0 Å². The van der Waals surface area contributed by atoms with Crippen molar-refractivity contribution in [2.24, 2.45) is 0 Å². The molecule has 0 aliphatic heterocycles. The van der Waals surface area contributed by atoms with Crippen molar-refractivity contribution in [3.05, 3.63) is 42.0 Å². The number of allylic oxidation sites excluding steroid dienone is 1. The molecule has 0 spiro atoms. The molecule has 0 saturated carbocycles. The number of benzene rings is 1. The van der Waals surface area contributed by atoms with Crippen LogP contribution in [0.1, 0.15) is 13.8 Å². The van der Waals surface area contributed by atoms with E-state index in [1.807, 2.05) is 26.0 Å². The summed E-state index contributed by atoms with van der Waals surface area (Å²) in [6.07, 6.45) is 3.79. The highest BCUT2D eigenvalue weighted by atomic mass is 19.1. The van der Waals surface area contributed by atoms with E-state index >= 15 is 0 Å². The lowest BCUT2D eigenvalue weighted by atomic mass is 10.2. The van der Waals surface area contributed by atoms with E-state index in [9.17, 15) is 8.78 Å². The third-order valence-corrected chi connectivity index (χ3v) is 1.74. The van der Waals surface area contributed by atoms with Gasteiger partial charge >= 0.3 is 0 Å². The standard InChI is InChI=1S/C11H13F2N/c1-3-4-8(2)14-11-6-9(12)5-10(13)7-11/h3-8,14H,1-2H3. The van der Waals surface area contributed by atoms with Crippen LogP contribution in [0.2, 0.25) is 0 Å². The SMILES string of the molecule is CC=CC(C)Nc1cc(F)cc(F)c1. The molecule has 3 heteroatoms. The highest BCUT2D eigenvalue weighted by Crippen LogP contribution is 2.13. The Labute approximate surface area is 82.4 Å². The average Bonchev–Trinajstić information content (AvgIpc) is 2.01. The number of hydrogen-bond donors (Lipinski definition) is 1. The molecule has 0 amide bonds. The van der Waals surface area contributed by atoms with Crippen molar-refractivity contribution >= 4 is 5.69 Å². The van der Waals surface area contributed by atoms with Gasteiger partial charge in [-0.3, -0.25) is 0 Å². The molecule has 0 aliphatic carbocycles. The average molecular weight is 197 g/mol. The maximum Gasteiger partial charge on any atom is 0.128 e. The number of rotatable bonds is 3. The third kappa shape index (κ3) is 3.17. The Morgan fingerprint density at radius 3 is 2.29 bits per heavy atom. The normalized spacial score (nSPS) is 13.1. The van der Waals surface area contributed by atoms with Crippen LogP contribution >= 0.6 is 0 Å². The lowest BCUT2D eigenvalue weighted by Gasteiger charge is -2.10. The van der Waals surface area contributed by atoms with Crippen LogP contribution in [0.25, 0.3) is 0 Å². The summed E-state index contributed by atoms with van der Waals surface area (Å²) in [5, 5.41) is 2.96. The maximum absolute atomic E-state index is 12.8. The van der Waals surface area contributed by atoms with E-state index in [1.54, 1.807) is 0 Å². The zero-order valence-electron chi connectivity index (χ0n) is 8.22. The van der Waals surface area contributed by atoms with Gasteiger partial charge in [0, 0.05) is 17.8 Å². The zero-order valence-corrected chi connectivity index (χ0v) is 8.22. The van der Waals surface area contributed by atoms with Crippen LogP contribution in [0, 0.1) is 11.6 Å². The number of anilines is 1. The first-order valence-electron chi connectivity index (χ1n) is 4.47. The van der Waals surface area contributed by atoms with Crippen molar-refractivity contribution in [3.8, 4) is 0 Å². The summed E-state index contributed by atoms with van der Waals surface area (Å²) >= 11 is 0. The van der Waals surface area contributed by atoms with Gasteiger partial charge in [0.05, 0.1) is 0 Å². The number of halogens is 2. The molecule has 0 saturated heterocycles. The molecular weight excluding hydrogens is 184 g/mol. The topological polar surface area (TPSA) is 12.0 Å². The summed E-state index contributed by atoms with van der Waals surface area (Å²) in [4.78, 5) is 0. The van der Waals surface area contributed by atoms with Crippen LogP contribution in [-0.4, -0.2) is 6.04 Å². The predicted octanol–water partition coefficient (Wildman–Crippen LogP) is 3.34. The van der Waals surface area contributed by atoms with Crippen molar-refractivity contribution in [1.82, 2.24) is 0 Å². The summed E-state index contributed by atoms with van der Waals surface area (Å²) in [6, 6.07) is 3.44. The van der Waals surface area contributed by atoms with E-state index in [0.29, 0.717) is 5.69 Å². The Morgan fingerprint density at radius 1 is 1.21 bits per heavy atom. The Kier molecular flexibility index (Phi) is 3.63. The summed E-state index contributed by atoms with van der Waals surface area (Å²) in [5.74, 6) is -1.14. The van der Waals surface area contributed by atoms with Gasteiger partial charge in [-0.15, -0.1) is 0 Å². The molecule has 1 aromatic carbocycles. The molecule has 0 aliphatic rings. The predicted molar refractivity (Wildman–Crippen MR) is 54.3 cm³/mol. The molecule has 0 bridgehead atoms. The first-order valence-corrected chi connectivity index (χ1v) is 4.47. The summed E-state index contributed by atoms with van der Waals surface area (Å²) in [6.45, 7) is 3.80. The van der Waals surface area contributed by atoms with Gasteiger partial charge in [-0.25, -0.2) is 8.78 Å². The van der Waals surface area contributed by atoms with Gasteiger partial charge in [0.2, 0.25) is 0 Å². The Balaban J connectivity index is 2.76. The van der Waals surface area contributed by atoms with E-state index in [1.165, 1.54) is 12.1 Å². The van der Waals surface area contributed by atoms with Crippen LogP contribution in [0.5, 0.6) is 0 Å². The van der Waals surface area contributed by atoms with Crippen LogP contribution in [0.3, 0.4) is 0 Å². The smallest absolute Gasteiger partial charge is 0.128 e. The summed E-state index contributed by atoms with van der Waals surface area (Å²) in [5.41, 5.74) is 0.452. The first kappa shape index (κ1) is 10.7. The molecule has 0 fully saturated rings. The molecule has 1 rings (SSSR count). The second-order valence-electron chi connectivity index (χ2n) is 3.12. The molecule has 1 aromatic rings. The quantitative estimate of drug-likeness (QED) is 0.733. The summed E-state index contributed by atoms with van der Waals surface area (Å²) in [7, 11) is 0. The van der Waals surface area contributed by atoms with E-state index in [2.05, 4.69) is 5.32 Å². The van der Waals surface area contributed by atoms with E-state index < -0.39 is 11.6 Å². The minimum atomic E-state index is -0.569. The van der Waals surface area contributed by atoms with Gasteiger partial charge in [0.1, 0.15) is 11.6 Å². The lowest BCUT2D eigenvalue weighted by molar-refractivity contribution is 0.584. The van der Waals surface area contributed by atoms with Crippen molar-refractivity contribution in [2.45, 2.75) is 19.9 Å². The second-order valence-corrected chi connectivity index (χ2v) is 3.12. The van der Waals surface area contributed by atoms with Crippen LogP contribution < -0.4 is 5.32 Å². The van der Waals surface area contributed by atoms with E-state index in [0.717, 1.165) is 6.07 Å². The zero-order chi connectivity index (χ0) is 10.6. The Bertz CT molecular complexity index is 314. The monoisotopic (exact) mass is 197 g/mol. The molecule has 0 aromatic heterocycles. The first-order chi connectivity index (χ1) is 6.61. The Hall–Kier alpha value is -1.38. The number of hydrogen-bond acceptors (Lipinski definition) is 1. The van der Waals surface area contributed by atoms with Crippen LogP contribution in [-0.2, 0) is 0 Å². The molecule has 1 nitrogen and oxygen atoms in total. The molecular formula is C11H13F2N. The Morgan fingerprint density at radius 2 is 1.79 bits per heavy atom. The largest absolute Gasteiger partial charge is 0.379 e. The molecule has 14 heavy (non-hydrogen) atoms. The molecule has 1 unspecified atom stereocenters. The minimum absolute atomic E-state index is 0.0567. The van der Waals surface area contributed by atoms with Gasteiger partial charge in [-0.2, -0.15) is 0 Å². The fourth-order valence-electron chi connectivity index (χ4n) is 1.24. The van der Waals surface area contributed by atoms with E-state index in [-0.39, 0.29) is 6.04 Å². The van der Waals surface area contributed by atoms with Crippen LogP contribution in [0.15, 0.2) is 30.4 Å². The highest BCUT2D eigenvalue weighted by molar-refractivity contribution is 5.45. The molecule has 1 N–H and O–H groups in total. The molecule has 1 atom stereocenters. The van der Waals surface area contributed by atoms with Gasteiger partial charge in [-0.1, -0.05) is 12.2 Å². The van der Waals surface area contributed by atoms with Gasteiger partial charge in [0.25, 0.3) is 0 Å². The van der Waals surface area contributed by atoms with Crippen molar-refractivity contribution < 1.29 is 8.78 Å². The van der Waals surface area contributed by atoms with E-state index in [4.69, 9.17) is 0 Å². The van der Waals surface area contributed by atoms with Gasteiger partial charge < -0.3 is 5.32 Å². The summed E-state index contributed by atoms with van der Waals surface area (Å²) < 4.78 is 25.5. The molecule has 0 heterocycles. The van der Waals surface area contributed by atoms with Gasteiger partial charge in [0.15, 0.2) is 0 Å². The molecule has 0 radical (unpaired) electrons. The highest BCUT2D eigenvalue weighted by Gasteiger charge is 2.01. The fourth-order valence-corrected chi connectivity index (χ4v) is 1.24. The number of nitrogens with one attached hydrogen (secondary N) is 1. The minimum Gasteiger partial charge on any atom is -0.379 e. The van der Waals surface area contributed by atoms with Crippen molar-refractivity contribution in [2.75, 3.05) is 5.32 Å². The second kappa shape index (κ2) is 4.74. The fraction of sp³-hybridized carbons (Fsp3) is 0.273. The van der Waals surface area contributed by atoms with Gasteiger partial charge in [-0.05, 0) is 26.0 Å². The maximum atomic E-state index is 12.8.